The molecule has 8 heteroatoms. The van der Waals surface area contributed by atoms with E-state index in [1.807, 2.05) is 24.3 Å². The third kappa shape index (κ3) is 3.98. The highest BCUT2D eigenvalue weighted by Gasteiger charge is 2.48. The Morgan fingerprint density at radius 1 is 1.09 bits per heavy atom. The monoisotopic (exact) mass is 448 g/mol. The first-order chi connectivity index (χ1) is 16.0. The normalized spacial score (nSPS) is 25.3. The van der Waals surface area contributed by atoms with Gasteiger partial charge in [0.25, 0.3) is 5.91 Å². The second-order valence-corrected chi connectivity index (χ2v) is 9.48. The second kappa shape index (κ2) is 8.57. The predicted octanol–water partition coefficient (Wildman–Crippen LogP) is 2.27. The molecule has 2 unspecified atom stereocenters. The summed E-state index contributed by atoms with van der Waals surface area (Å²) in [6.45, 7) is 0.961. The lowest BCUT2D eigenvalue weighted by atomic mass is 9.69. The highest BCUT2D eigenvalue weighted by atomic mass is 16.2. The summed E-state index contributed by atoms with van der Waals surface area (Å²) in [4.78, 5) is 57.0. The largest absolute Gasteiger partial charge is 0.349 e. The van der Waals surface area contributed by atoms with Crippen molar-refractivity contribution in [3.05, 3.63) is 42.2 Å². The number of nitrogens with one attached hydrogen (secondary N) is 1. The van der Waals surface area contributed by atoms with E-state index in [1.54, 1.807) is 17.3 Å². The van der Waals surface area contributed by atoms with Crippen LogP contribution in [0, 0.1) is 5.41 Å². The minimum Gasteiger partial charge on any atom is -0.349 e. The lowest BCUT2D eigenvalue weighted by Crippen LogP contribution is -2.52. The van der Waals surface area contributed by atoms with Crippen molar-refractivity contribution in [3.8, 4) is 0 Å². The molecule has 1 spiro atoms. The maximum Gasteiger partial charge on any atom is 0.252 e. The van der Waals surface area contributed by atoms with Gasteiger partial charge in [0.05, 0.1) is 0 Å². The highest BCUT2D eigenvalue weighted by molar-refractivity contribution is 6.07. The number of pyridine rings is 1. The van der Waals surface area contributed by atoms with Gasteiger partial charge in [0, 0.05) is 60.7 Å². The van der Waals surface area contributed by atoms with Gasteiger partial charge >= 0.3 is 0 Å². The zero-order chi connectivity index (χ0) is 23.0. The Bertz CT molecular complexity index is 1110. The Hall–Kier alpha value is -3.29. The van der Waals surface area contributed by atoms with Gasteiger partial charge in [-0.1, -0.05) is 25.0 Å². The third-order valence-corrected chi connectivity index (χ3v) is 7.57. The molecule has 2 atom stereocenters. The third-order valence-electron chi connectivity index (χ3n) is 7.57. The van der Waals surface area contributed by atoms with Crippen LogP contribution in [0.4, 0.5) is 0 Å². The summed E-state index contributed by atoms with van der Waals surface area (Å²) >= 11 is 0. The fraction of sp³-hybridized carbons (Fsp3) is 0.480. The molecule has 8 nitrogen and oxygen atoms in total. The quantitative estimate of drug-likeness (QED) is 0.724. The van der Waals surface area contributed by atoms with Crippen LogP contribution >= 0.6 is 0 Å². The van der Waals surface area contributed by atoms with Crippen LogP contribution in [0.5, 0.6) is 0 Å². The van der Waals surface area contributed by atoms with Gasteiger partial charge in [-0.05, 0) is 36.8 Å². The summed E-state index contributed by atoms with van der Waals surface area (Å²) in [7, 11) is 0. The molecule has 33 heavy (non-hydrogen) atoms. The van der Waals surface area contributed by atoms with Gasteiger partial charge in [-0.25, -0.2) is 0 Å². The van der Waals surface area contributed by atoms with Gasteiger partial charge in [-0.15, -0.1) is 0 Å². The minimum atomic E-state index is -0.268. The molecule has 0 bridgehead atoms. The fourth-order valence-electron chi connectivity index (χ4n) is 5.72. The molecule has 3 aliphatic rings. The van der Waals surface area contributed by atoms with Crippen molar-refractivity contribution < 1.29 is 19.2 Å². The summed E-state index contributed by atoms with van der Waals surface area (Å²) < 4.78 is 0. The number of imide groups is 1. The fourth-order valence-corrected chi connectivity index (χ4v) is 5.72. The summed E-state index contributed by atoms with van der Waals surface area (Å²) in [5.41, 5.74) is 0.460. The molecular formula is C25H28N4O4. The minimum absolute atomic E-state index is 0.0244. The van der Waals surface area contributed by atoms with Crippen molar-refractivity contribution in [1.82, 2.24) is 20.1 Å². The highest BCUT2D eigenvalue weighted by Crippen LogP contribution is 2.44. The lowest BCUT2D eigenvalue weighted by Gasteiger charge is -2.41. The molecule has 1 aromatic heterocycles. The van der Waals surface area contributed by atoms with Crippen LogP contribution < -0.4 is 5.32 Å². The van der Waals surface area contributed by atoms with Gasteiger partial charge in [-0.3, -0.25) is 29.1 Å². The molecule has 2 aliphatic heterocycles. The van der Waals surface area contributed by atoms with Crippen LogP contribution in [0.25, 0.3) is 10.8 Å². The number of benzene rings is 1. The molecule has 2 saturated heterocycles. The molecule has 1 aliphatic carbocycles. The average molecular weight is 449 g/mol. The van der Waals surface area contributed by atoms with E-state index in [0.29, 0.717) is 18.7 Å². The number of fused-ring (bicyclic) bond motifs is 1. The van der Waals surface area contributed by atoms with Crippen LogP contribution in [0.1, 0.15) is 55.3 Å². The summed E-state index contributed by atoms with van der Waals surface area (Å²) in [5, 5.41) is 5.09. The Morgan fingerprint density at radius 3 is 2.73 bits per heavy atom. The maximum atomic E-state index is 13.3. The van der Waals surface area contributed by atoms with E-state index in [4.69, 9.17) is 0 Å². The van der Waals surface area contributed by atoms with Crippen molar-refractivity contribution in [3.63, 3.8) is 0 Å². The molecule has 0 radical (unpaired) electrons. The maximum absolute atomic E-state index is 13.3. The standard InChI is InChI=1S/C25H28N4O4/c30-21-7-8-22(31)29(21)15-23(32)28-13-11-25(16-28)10-2-1-6-20(25)27-24(33)19-5-3-4-17-14-26-12-9-18(17)19/h3-5,9,12,14,20H,1-2,6-8,10-11,13,15-16H2,(H,27,33). The van der Waals surface area contributed by atoms with E-state index in [2.05, 4.69) is 10.3 Å². The van der Waals surface area contributed by atoms with Crippen molar-refractivity contribution in [1.29, 1.82) is 0 Å². The van der Waals surface area contributed by atoms with E-state index >= 15 is 0 Å². The summed E-state index contributed by atoms with van der Waals surface area (Å²) in [6, 6.07) is 7.48. The van der Waals surface area contributed by atoms with E-state index < -0.39 is 0 Å². The molecule has 3 heterocycles. The first-order valence-corrected chi connectivity index (χ1v) is 11.7. The van der Waals surface area contributed by atoms with Gasteiger partial charge < -0.3 is 10.2 Å². The lowest BCUT2D eigenvalue weighted by molar-refractivity contribution is -0.145. The predicted molar refractivity (Wildman–Crippen MR) is 121 cm³/mol. The molecule has 1 aromatic carbocycles. The Morgan fingerprint density at radius 2 is 1.91 bits per heavy atom. The molecule has 3 fully saturated rings. The van der Waals surface area contributed by atoms with Crippen LogP contribution in [-0.2, 0) is 14.4 Å². The number of rotatable bonds is 4. The number of carbonyl (C=O) groups is 4. The molecule has 172 valence electrons. The SMILES string of the molecule is O=C(NC1CCCCC12CCN(C(=O)CN1C(=O)CCC1=O)C2)c1cccc2cnccc12. The van der Waals surface area contributed by atoms with Gasteiger partial charge in [-0.2, -0.15) is 0 Å². The number of amides is 4. The number of likely N-dealkylation sites (tertiary alicyclic amines) is 2. The van der Waals surface area contributed by atoms with E-state index in [0.717, 1.165) is 47.8 Å². The number of hydrogen-bond acceptors (Lipinski definition) is 5. The topological polar surface area (TPSA) is 99.7 Å². The van der Waals surface area contributed by atoms with Gasteiger partial charge in [0.1, 0.15) is 6.54 Å². The summed E-state index contributed by atoms with van der Waals surface area (Å²) in [6.07, 6.45) is 8.57. The van der Waals surface area contributed by atoms with Gasteiger partial charge in [0.2, 0.25) is 17.7 Å². The molecule has 1 saturated carbocycles. The summed E-state index contributed by atoms with van der Waals surface area (Å²) in [5.74, 6) is -0.825. The smallest absolute Gasteiger partial charge is 0.252 e. The van der Waals surface area contributed by atoms with Crippen LogP contribution in [-0.4, -0.2) is 64.1 Å². The number of carbonyl (C=O) groups excluding carboxylic acids is 4. The average Bonchev–Trinajstić information content (AvgIpc) is 3.39. The Balaban J connectivity index is 1.30. The van der Waals surface area contributed by atoms with E-state index in [9.17, 15) is 19.2 Å². The van der Waals surface area contributed by atoms with E-state index in [-0.39, 0.29) is 54.5 Å². The number of nitrogens with zero attached hydrogens (tertiary/aromatic N) is 3. The first-order valence-electron chi connectivity index (χ1n) is 11.7. The zero-order valence-corrected chi connectivity index (χ0v) is 18.6. The molecule has 5 rings (SSSR count). The van der Waals surface area contributed by atoms with Crippen molar-refractivity contribution in [2.24, 2.45) is 5.41 Å². The molecular weight excluding hydrogens is 420 g/mol. The molecule has 4 amide bonds. The van der Waals surface area contributed by atoms with Crippen LogP contribution in [0.3, 0.4) is 0 Å². The number of hydrogen-bond donors (Lipinski definition) is 1. The first kappa shape index (κ1) is 21.6. The van der Waals surface area contributed by atoms with Crippen LogP contribution in [0.15, 0.2) is 36.7 Å². The Labute approximate surface area is 192 Å². The zero-order valence-electron chi connectivity index (χ0n) is 18.6. The van der Waals surface area contributed by atoms with Crippen LogP contribution in [0.2, 0.25) is 0 Å². The number of aromatic nitrogens is 1. The Kier molecular flexibility index (Phi) is 5.60. The van der Waals surface area contributed by atoms with Gasteiger partial charge in [0.15, 0.2) is 0 Å². The molecule has 1 N–H and O–H groups in total. The van der Waals surface area contributed by atoms with E-state index in [1.165, 1.54) is 0 Å². The van der Waals surface area contributed by atoms with Crippen molar-refractivity contribution >= 4 is 34.4 Å². The van der Waals surface area contributed by atoms with Crippen molar-refractivity contribution in [2.45, 2.75) is 51.0 Å². The second-order valence-electron chi connectivity index (χ2n) is 9.48. The van der Waals surface area contributed by atoms with Crippen molar-refractivity contribution in [2.75, 3.05) is 19.6 Å². The molecule has 2 aromatic rings.